The summed E-state index contributed by atoms with van der Waals surface area (Å²) in [5.74, 6) is 6.34. The molecule has 1 unspecified atom stereocenters. The van der Waals surface area contributed by atoms with Gasteiger partial charge < -0.3 is 4.42 Å². The van der Waals surface area contributed by atoms with Gasteiger partial charge in [-0.15, -0.1) is 0 Å². The van der Waals surface area contributed by atoms with Crippen molar-refractivity contribution in [1.82, 2.24) is 5.43 Å². The molecule has 0 aliphatic carbocycles. The van der Waals surface area contributed by atoms with E-state index in [1.807, 2.05) is 19.1 Å². The van der Waals surface area contributed by atoms with Crippen LogP contribution in [0.4, 0.5) is 0 Å². The third-order valence-corrected chi connectivity index (χ3v) is 3.35. The van der Waals surface area contributed by atoms with E-state index >= 15 is 0 Å². The Morgan fingerprint density at radius 3 is 2.53 bits per heavy atom. The molecule has 1 atom stereocenters. The van der Waals surface area contributed by atoms with Crippen LogP contribution in [0.2, 0.25) is 10.0 Å². The molecule has 3 N–H and O–H groups in total. The zero-order valence-corrected chi connectivity index (χ0v) is 10.7. The van der Waals surface area contributed by atoms with Gasteiger partial charge >= 0.3 is 0 Å². The van der Waals surface area contributed by atoms with Crippen LogP contribution in [0, 0.1) is 6.92 Å². The molecule has 1 aromatic heterocycles. The van der Waals surface area contributed by atoms with Crippen molar-refractivity contribution < 1.29 is 4.42 Å². The number of nitrogens with one attached hydrogen (secondary N) is 1. The fraction of sp³-hybridized carbons (Fsp3) is 0.167. The van der Waals surface area contributed by atoms with Gasteiger partial charge in [0, 0.05) is 0 Å². The van der Waals surface area contributed by atoms with E-state index in [0.29, 0.717) is 10.0 Å². The fourth-order valence-corrected chi connectivity index (χ4v) is 2.00. The molecular formula is C12H12Cl2N2O. The van der Waals surface area contributed by atoms with Crippen molar-refractivity contribution in [3.05, 3.63) is 57.5 Å². The van der Waals surface area contributed by atoms with E-state index in [1.54, 1.807) is 18.4 Å². The number of rotatable bonds is 3. The second-order valence-corrected chi connectivity index (χ2v) is 4.56. The number of hydrogen-bond donors (Lipinski definition) is 2. The normalized spacial score (nSPS) is 12.7. The van der Waals surface area contributed by atoms with Crippen molar-refractivity contribution in [2.45, 2.75) is 13.0 Å². The number of benzene rings is 1. The maximum Gasteiger partial charge on any atom is 0.129 e. The Balaban J connectivity index is 2.42. The first-order chi connectivity index (χ1) is 8.13. The standard InChI is InChI=1S/C12H12Cl2N2O/c1-7-4-5-17-12(7)11(16-15)8-2-3-9(13)10(14)6-8/h2-6,11,16H,15H2,1H3. The summed E-state index contributed by atoms with van der Waals surface area (Å²) in [6.07, 6.45) is 1.63. The van der Waals surface area contributed by atoms with Crippen LogP contribution in [-0.4, -0.2) is 0 Å². The number of aryl methyl sites for hydroxylation is 1. The second kappa shape index (κ2) is 5.10. The Labute approximate surface area is 109 Å². The molecule has 2 rings (SSSR count). The van der Waals surface area contributed by atoms with Crippen LogP contribution in [-0.2, 0) is 0 Å². The summed E-state index contributed by atoms with van der Waals surface area (Å²) in [5.41, 5.74) is 4.64. The number of furan rings is 1. The molecular weight excluding hydrogens is 259 g/mol. The topological polar surface area (TPSA) is 51.2 Å². The number of hydrogen-bond acceptors (Lipinski definition) is 3. The summed E-state index contributed by atoms with van der Waals surface area (Å²) >= 11 is 11.9. The zero-order valence-electron chi connectivity index (χ0n) is 9.21. The molecule has 0 fully saturated rings. The lowest BCUT2D eigenvalue weighted by Crippen LogP contribution is -2.29. The van der Waals surface area contributed by atoms with Gasteiger partial charge in [-0.1, -0.05) is 29.3 Å². The predicted molar refractivity (Wildman–Crippen MR) is 69.1 cm³/mol. The first kappa shape index (κ1) is 12.5. The zero-order chi connectivity index (χ0) is 12.4. The molecule has 5 heteroatoms. The lowest BCUT2D eigenvalue weighted by atomic mass is 10.0. The average molecular weight is 271 g/mol. The van der Waals surface area contributed by atoms with E-state index in [-0.39, 0.29) is 6.04 Å². The van der Waals surface area contributed by atoms with Gasteiger partial charge in [-0.3, -0.25) is 5.84 Å². The van der Waals surface area contributed by atoms with Crippen LogP contribution in [0.5, 0.6) is 0 Å². The monoisotopic (exact) mass is 270 g/mol. The van der Waals surface area contributed by atoms with E-state index < -0.39 is 0 Å². The van der Waals surface area contributed by atoms with Crippen LogP contribution < -0.4 is 11.3 Å². The predicted octanol–water partition coefficient (Wildman–Crippen LogP) is 3.45. The quantitative estimate of drug-likeness (QED) is 0.664. The summed E-state index contributed by atoms with van der Waals surface area (Å²) in [4.78, 5) is 0. The van der Waals surface area contributed by atoms with E-state index in [1.165, 1.54) is 0 Å². The third kappa shape index (κ3) is 2.48. The van der Waals surface area contributed by atoms with Crippen LogP contribution >= 0.6 is 23.2 Å². The minimum Gasteiger partial charge on any atom is -0.467 e. The van der Waals surface area contributed by atoms with Gasteiger partial charge in [0.05, 0.1) is 16.3 Å². The van der Waals surface area contributed by atoms with Gasteiger partial charge in [-0.25, -0.2) is 5.43 Å². The van der Waals surface area contributed by atoms with Gasteiger partial charge in [0.1, 0.15) is 11.8 Å². The molecule has 0 saturated heterocycles. The maximum absolute atomic E-state index is 5.98. The van der Waals surface area contributed by atoms with Crippen LogP contribution in [0.25, 0.3) is 0 Å². The molecule has 0 aliphatic heterocycles. The summed E-state index contributed by atoms with van der Waals surface area (Å²) in [7, 11) is 0. The van der Waals surface area contributed by atoms with Crippen molar-refractivity contribution in [2.24, 2.45) is 5.84 Å². The highest BCUT2D eigenvalue weighted by Gasteiger charge is 2.18. The van der Waals surface area contributed by atoms with Gasteiger partial charge in [-0.2, -0.15) is 0 Å². The smallest absolute Gasteiger partial charge is 0.129 e. The highest BCUT2D eigenvalue weighted by Crippen LogP contribution is 2.30. The highest BCUT2D eigenvalue weighted by molar-refractivity contribution is 6.42. The second-order valence-electron chi connectivity index (χ2n) is 3.74. The minimum atomic E-state index is -0.236. The lowest BCUT2D eigenvalue weighted by Gasteiger charge is -2.15. The summed E-state index contributed by atoms with van der Waals surface area (Å²) in [5, 5.41) is 1.01. The van der Waals surface area contributed by atoms with E-state index in [2.05, 4.69) is 5.43 Å². The van der Waals surface area contributed by atoms with E-state index in [9.17, 15) is 0 Å². The maximum atomic E-state index is 5.98. The Bertz CT molecular complexity index is 525. The van der Waals surface area contributed by atoms with E-state index in [4.69, 9.17) is 33.5 Å². The molecule has 0 saturated carbocycles. The summed E-state index contributed by atoms with van der Waals surface area (Å²) < 4.78 is 5.42. The summed E-state index contributed by atoms with van der Waals surface area (Å²) in [6.45, 7) is 1.96. The largest absolute Gasteiger partial charge is 0.467 e. The molecule has 0 amide bonds. The van der Waals surface area contributed by atoms with Crippen LogP contribution in [0.3, 0.4) is 0 Å². The molecule has 0 spiro atoms. The van der Waals surface area contributed by atoms with Crippen molar-refractivity contribution in [2.75, 3.05) is 0 Å². The van der Waals surface area contributed by atoms with Crippen LogP contribution in [0.1, 0.15) is 22.9 Å². The highest BCUT2D eigenvalue weighted by atomic mass is 35.5. The number of hydrazine groups is 1. The molecule has 17 heavy (non-hydrogen) atoms. The number of halogens is 2. The van der Waals surface area contributed by atoms with Gasteiger partial charge in [0.25, 0.3) is 0 Å². The van der Waals surface area contributed by atoms with Crippen molar-refractivity contribution in [1.29, 1.82) is 0 Å². The van der Waals surface area contributed by atoms with Gasteiger partial charge in [0.15, 0.2) is 0 Å². The Kier molecular flexibility index (Phi) is 3.74. The molecule has 0 radical (unpaired) electrons. The molecule has 1 aromatic carbocycles. The Hall–Kier alpha value is -1.000. The first-order valence-corrected chi connectivity index (χ1v) is 5.84. The summed E-state index contributed by atoms with van der Waals surface area (Å²) in [6, 6.07) is 7.02. The Morgan fingerprint density at radius 2 is 2.00 bits per heavy atom. The Morgan fingerprint density at radius 1 is 1.24 bits per heavy atom. The average Bonchev–Trinajstić information content (AvgIpc) is 2.71. The van der Waals surface area contributed by atoms with Gasteiger partial charge in [-0.05, 0) is 36.2 Å². The molecule has 0 aliphatic rings. The third-order valence-electron chi connectivity index (χ3n) is 2.61. The molecule has 0 bridgehead atoms. The number of nitrogens with two attached hydrogens (primary N) is 1. The molecule has 3 nitrogen and oxygen atoms in total. The molecule has 90 valence electrons. The minimum absolute atomic E-state index is 0.236. The van der Waals surface area contributed by atoms with Crippen molar-refractivity contribution in [3.63, 3.8) is 0 Å². The van der Waals surface area contributed by atoms with Crippen LogP contribution in [0.15, 0.2) is 34.9 Å². The lowest BCUT2D eigenvalue weighted by molar-refractivity contribution is 0.449. The first-order valence-electron chi connectivity index (χ1n) is 5.08. The molecule has 1 heterocycles. The van der Waals surface area contributed by atoms with E-state index in [0.717, 1.165) is 16.9 Å². The fourth-order valence-electron chi connectivity index (χ4n) is 1.70. The van der Waals surface area contributed by atoms with Crippen molar-refractivity contribution >= 4 is 23.2 Å². The molecule has 2 aromatic rings. The SMILES string of the molecule is Cc1ccoc1C(NN)c1ccc(Cl)c(Cl)c1. The van der Waals surface area contributed by atoms with Crippen molar-refractivity contribution in [3.8, 4) is 0 Å². The van der Waals surface area contributed by atoms with Gasteiger partial charge in [0.2, 0.25) is 0 Å².